The molecule has 0 aliphatic carbocycles. The van der Waals surface area contributed by atoms with Crippen LogP contribution in [0, 0.1) is 11.8 Å². The summed E-state index contributed by atoms with van der Waals surface area (Å²) in [6.07, 6.45) is 3.77. The molecule has 12 bridgehead atoms. The van der Waals surface area contributed by atoms with Crippen molar-refractivity contribution < 1.29 is 57.6 Å². The number of ether oxygens (including phenoxy) is 9. The molecule has 9 unspecified atom stereocenters. The van der Waals surface area contributed by atoms with Crippen molar-refractivity contribution in [2.45, 2.75) is 200 Å². The van der Waals surface area contributed by atoms with E-state index < -0.39 is 29.7 Å². The molecule has 10 aliphatic rings. The maximum Gasteiger partial charge on any atom is 0.172 e. The van der Waals surface area contributed by atoms with Crippen LogP contribution in [0.5, 0.6) is 0 Å². The molecule has 10 heterocycles. The van der Waals surface area contributed by atoms with E-state index in [1.165, 1.54) is 0 Å². The van der Waals surface area contributed by atoms with Crippen molar-refractivity contribution in [2.75, 3.05) is 13.7 Å². The third kappa shape index (κ3) is 6.73. The quantitative estimate of drug-likeness (QED) is 0.404. The second-order valence-corrected chi connectivity index (χ2v) is 18.1. The molecule has 1 spiro atoms. The van der Waals surface area contributed by atoms with E-state index in [1.54, 1.807) is 7.11 Å². The number of aliphatic hydroxyl groups excluding tert-OH is 2. The molecule has 10 rings (SSSR count). The monoisotopic (exact) mass is 744 g/mol. The molecule has 0 radical (unpaired) electrons. The molecule has 0 aromatic heterocycles. The van der Waals surface area contributed by atoms with E-state index in [2.05, 4.69) is 27.0 Å². The number of ketones is 1. The standard InChI is InChI=1S/C41H60O12/c1-20-12-25-6-8-29-21(2)13-27(46-29)10-11-41-19-40(4)39(53-41)38-37(51-40)36(52-41)35-30(50-38)9-7-26(48-35)14-23(43)15-28-32(17-31(47-25)22(20)3)49-33(34(28)45-5)16-24(44)18-42/h20,24-39,42,44H,2-3,6-19H2,1,4-5H3/t20-,24?,25+,26?,27?,28+,29?,30+,31?,32+,33?,34-,35+,36+,37?,38-,39?,40?,41-/m1/s1. The highest BCUT2D eigenvalue weighted by molar-refractivity contribution is 5.79. The summed E-state index contributed by atoms with van der Waals surface area (Å²) in [6.45, 7) is 12.9. The summed E-state index contributed by atoms with van der Waals surface area (Å²) in [5.41, 5.74) is 1.66. The minimum atomic E-state index is -0.953. The third-order valence-corrected chi connectivity index (χ3v) is 14.3. The number of carbonyl (C=O) groups excluding carboxylic acids is 1. The first-order chi connectivity index (χ1) is 25.4. The van der Waals surface area contributed by atoms with Gasteiger partial charge in [0, 0.05) is 51.6 Å². The maximum atomic E-state index is 14.1. The Kier molecular flexibility index (Phi) is 10.0. The minimum absolute atomic E-state index is 0.0247. The fraction of sp³-hybridized carbons (Fsp3) is 0.878. The van der Waals surface area contributed by atoms with Crippen molar-refractivity contribution in [1.82, 2.24) is 0 Å². The number of hydrogen-bond donors (Lipinski definition) is 2. The summed E-state index contributed by atoms with van der Waals surface area (Å²) < 4.78 is 60.3. The van der Waals surface area contributed by atoms with Crippen molar-refractivity contribution >= 4 is 5.78 Å². The third-order valence-electron chi connectivity index (χ3n) is 14.3. The number of aliphatic hydroxyl groups is 2. The normalized spacial score (nSPS) is 53.0. The molecular formula is C41H60O12. The Labute approximate surface area is 313 Å². The van der Waals surface area contributed by atoms with Crippen molar-refractivity contribution in [3.63, 3.8) is 0 Å². The number of rotatable bonds is 4. The lowest BCUT2D eigenvalue weighted by molar-refractivity contribution is -0.294. The summed E-state index contributed by atoms with van der Waals surface area (Å²) in [4.78, 5) is 14.1. The van der Waals surface area contributed by atoms with Crippen LogP contribution in [0.1, 0.15) is 97.3 Å². The number of hydrogen-bond acceptors (Lipinski definition) is 12. The highest BCUT2D eigenvalue weighted by Crippen LogP contribution is 2.58. The van der Waals surface area contributed by atoms with Crippen LogP contribution in [-0.4, -0.2) is 133 Å². The molecular weight excluding hydrogens is 684 g/mol. The van der Waals surface area contributed by atoms with Gasteiger partial charge in [-0.15, -0.1) is 0 Å². The van der Waals surface area contributed by atoms with Gasteiger partial charge in [-0.3, -0.25) is 4.79 Å². The van der Waals surface area contributed by atoms with Gasteiger partial charge in [0.1, 0.15) is 41.9 Å². The highest BCUT2D eigenvalue weighted by atomic mass is 16.8. The molecule has 53 heavy (non-hydrogen) atoms. The van der Waals surface area contributed by atoms with Crippen LogP contribution in [-0.2, 0) is 47.4 Å². The highest BCUT2D eigenvalue weighted by Gasteiger charge is 2.73. The number of fused-ring (bicyclic) bond motifs is 6. The number of carbonyl (C=O) groups is 1. The lowest BCUT2D eigenvalue weighted by atomic mass is 9.81. The van der Waals surface area contributed by atoms with E-state index in [0.29, 0.717) is 25.7 Å². The number of methoxy groups -OCH3 is 1. The van der Waals surface area contributed by atoms with E-state index in [4.69, 9.17) is 42.6 Å². The molecule has 0 saturated carbocycles. The van der Waals surface area contributed by atoms with Gasteiger partial charge in [0.15, 0.2) is 5.79 Å². The predicted octanol–water partition coefficient (Wildman–Crippen LogP) is 3.86. The first-order valence-electron chi connectivity index (χ1n) is 20.4. The number of Topliss-reactive ketones (excluding diaryl/α,β-unsaturated/α-hetero) is 1. The van der Waals surface area contributed by atoms with Gasteiger partial charge in [-0.2, -0.15) is 0 Å². The zero-order chi connectivity index (χ0) is 36.8. The molecule has 12 heteroatoms. The topological polar surface area (TPSA) is 141 Å². The van der Waals surface area contributed by atoms with Gasteiger partial charge < -0.3 is 52.8 Å². The molecule has 10 saturated heterocycles. The van der Waals surface area contributed by atoms with Crippen LogP contribution in [0.4, 0.5) is 0 Å². The lowest BCUT2D eigenvalue weighted by Gasteiger charge is -2.47. The van der Waals surface area contributed by atoms with Gasteiger partial charge in [-0.05, 0) is 68.9 Å². The zero-order valence-corrected chi connectivity index (χ0v) is 31.6. The zero-order valence-electron chi connectivity index (χ0n) is 31.6. The summed E-state index contributed by atoms with van der Waals surface area (Å²) in [5.74, 6) is -0.756. The smallest absolute Gasteiger partial charge is 0.172 e. The van der Waals surface area contributed by atoms with Crippen LogP contribution < -0.4 is 0 Å². The predicted molar refractivity (Wildman–Crippen MR) is 189 cm³/mol. The van der Waals surface area contributed by atoms with Gasteiger partial charge in [0.2, 0.25) is 0 Å². The molecule has 0 amide bonds. The molecule has 0 aromatic carbocycles. The van der Waals surface area contributed by atoms with Crippen molar-refractivity contribution in [3.05, 3.63) is 24.3 Å². The lowest BCUT2D eigenvalue weighted by Crippen LogP contribution is -2.61. The Morgan fingerprint density at radius 3 is 2.42 bits per heavy atom. The van der Waals surface area contributed by atoms with Gasteiger partial charge >= 0.3 is 0 Å². The van der Waals surface area contributed by atoms with Crippen molar-refractivity contribution in [2.24, 2.45) is 11.8 Å². The van der Waals surface area contributed by atoms with Gasteiger partial charge in [-0.25, -0.2) is 0 Å². The van der Waals surface area contributed by atoms with Crippen LogP contribution in [0.3, 0.4) is 0 Å². The van der Waals surface area contributed by atoms with E-state index in [-0.39, 0.29) is 117 Å². The molecule has 12 nitrogen and oxygen atoms in total. The first-order valence-corrected chi connectivity index (χ1v) is 20.4. The largest absolute Gasteiger partial charge is 0.394 e. The van der Waals surface area contributed by atoms with Crippen molar-refractivity contribution in [1.29, 1.82) is 0 Å². The first kappa shape index (κ1) is 37.3. The van der Waals surface area contributed by atoms with Crippen LogP contribution in [0.2, 0.25) is 0 Å². The summed E-state index contributed by atoms with van der Waals surface area (Å²) in [5, 5.41) is 20.1. The molecule has 10 aliphatic heterocycles. The average molecular weight is 745 g/mol. The van der Waals surface area contributed by atoms with Crippen LogP contribution in [0.25, 0.3) is 0 Å². The second kappa shape index (κ2) is 14.3. The van der Waals surface area contributed by atoms with E-state index in [9.17, 15) is 15.0 Å². The van der Waals surface area contributed by atoms with Crippen LogP contribution in [0.15, 0.2) is 24.3 Å². The van der Waals surface area contributed by atoms with E-state index in [0.717, 1.165) is 49.7 Å². The van der Waals surface area contributed by atoms with Crippen molar-refractivity contribution in [3.8, 4) is 0 Å². The molecule has 2 N–H and O–H groups in total. The molecule has 10 fully saturated rings. The van der Waals surface area contributed by atoms with Gasteiger partial charge in [-0.1, -0.05) is 20.1 Å². The Morgan fingerprint density at radius 2 is 1.60 bits per heavy atom. The summed E-state index contributed by atoms with van der Waals surface area (Å²) >= 11 is 0. The van der Waals surface area contributed by atoms with E-state index >= 15 is 0 Å². The summed E-state index contributed by atoms with van der Waals surface area (Å²) in [6, 6.07) is 0. The molecule has 0 aromatic rings. The second-order valence-electron chi connectivity index (χ2n) is 18.1. The Morgan fingerprint density at radius 1 is 0.830 bits per heavy atom. The SMILES string of the molecule is C=C1CC2CC[C@@]34CC5(C)OC6[C@@H](O[C@H]7CCC(CC(=O)C[C@H]8[C@H](CC9O[C@@H](CCC1O2)C[C@@H](C)C9=C)OC(CC(O)CO)[C@@H]8OC)O[C@@H]7[C@@H]6O3)C5O4. The maximum absolute atomic E-state index is 14.1. The van der Waals surface area contributed by atoms with Gasteiger partial charge in [0.05, 0.1) is 67.6 Å². The molecule has 296 valence electrons. The van der Waals surface area contributed by atoms with Crippen LogP contribution >= 0.6 is 0 Å². The Hall–Kier alpha value is -1.29. The Balaban J connectivity index is 1.00. The molecule has 19 atom stereocenters. The van der Waals surface area contributed by atoms with E-state index in [1.807, 2.05) is 0 Å². The summed E-state index contributed by atoms with van der Waals surface area (Å²) in [7, 11) is 1.63. The fourth-order valence-electron chi connectivity index (χ4n) is 11.7. The van der Waals surface area contributed by atoms with Gasteiger partial charge in [0.25, 0.3) is 0 Å². The average Bonchev–Trinajstić information content (AvgIpc) is 3.76. The Bertz CT molecular complexity index is 1420. The fourth-order valence-corrected chi connectivity index (χ4v) is 11.7. The minimum Gasteiger partial charge on any atom is -0.394 e.